The van der Waals surface area contributed by atoms with E-state index >= 15 is 0 Å². The van der Waals surface area contributed by atoms with E-state index in [4.69, 9.17) is 4.42 Å². The summed E-state index contributed by atoms with van der Waals surface area (Å²) < 4.78 is 5.29. The standard InChI is InChI=1S/C21H27N3O4/c1-4-16(3)21(27)24(13-18-9-6-10-28-18)14-20(26)22-12-19(25)23-17-8-5-7-15(2)11-17/h5-11,16H,4,12-14H2,1-3H3,(H,22,26)(H,23,25). The molecule has 1 aromatic carbocycles. The van der Waals surface area contributed by atoms with Gasteiger partial charge in [0.25, 0.3) is 0 Å². The Bertz CT molecular complexity index is 802. The molecule has 1 heterocycles. The quantitative estimate of drug-likeness (QED) is 0.694. The molecule has 7 nitrogen and oxygen atoms in total. The fraction of sp³-hybridized carbons (Fsp3) is 0.381. The molecule has 28 heavy (non-hydrogen) atoms. The number of nitrogens with one attached hydrogen (secondary N) is 2. The van der Waals surface area contributed by atoms with Gasteiger partial charge in [0.15, 0.2) is 0 Å². The minimum absolute atomic E-state index is 0.127. The van der Waals surface area contributed by atoms with Crippen LogP contribution in [0.2, 0.25) is 0 Å². The Labute approximate surface area is 165 Å². The van der Waals surface area contributed by atoms with Gasteiger partial charge in [-0.3, -0.25) is 14.4 Å². The van der Waals surface area contributed by atoms with Gasteiger partial charge in [0.1, 0.15) is 12.3 Å². The smallest absolute Gasteiger partial charge is 0.243 e. The van der Waals surface area contributed by atoms with Crippen LogP contribution in [0.4, 0.5) is 5.69 Å². The zero-order chi connectivity index (χ0) is 20.5. The summed E-state index contributed by atoms with van der Waals surface area (Å²) in [5, 5.41) is 5.29. The van der Waals surface area contributed by atoms with Gasteiger partial charge >= 0.3 is 0 Å². The summed E-state index contributed by atoms with van der Waals surface area (Å²) in [5.41, 5.74) is 1.70. The van der Waals surface area contributed by atoms with E-state index in [0.717, 1.165) is 5.56 Å². The molecule has 0 spiro atoms. The molecule has 2 aromatic rings. The fourth-order valence-electron chi connectivity index (χ4n) is 2.62. The van der Waals surface area contributed by atoms with Gasteiger partial charge in [0.05, 0.1) is 19.4 Å². The summed E-state index contributed by atoms with van der Waals surface area (Å²) >= 11 is 0. The molecule has 2 N–H and O–H groups in total. The van der Waals surface area contributed by atoms with Crippen molar-refractivity contribution in [2.24, 2.45) is 5.92 Å². The normalized spacial score (nSPS) is 11.5. The minimum atomic E-state index is -0.400. The average molecular weight is 385 g/mol. The summed E-state index contributed by atoms with van der Waals surface area (Å²) in [4.78, 5) is 38.3. The van der Waals surface area contributed by atoms with E-state index in [2.05, 4.69) is 10.6 Å². The van der Waals surface area contributed by atoms with Gasteiger partial charge < -0.3 is 20.0 Å². The zero-order valence-electron chi connectivity index (χ0n) is 16.5. The number of rotatable bonds is 9. The summed E-state index contributed by atoms with van der Waals surface area (Å²) in [6.45, 7) is 5.58. The van der Waals surface area contributed by atoms with Crippen LogP contribution in [-0.2, 0) is 20.9 Å². The summed E-state index contributed by atoms with van der Waals surface area (Å²) in [7, 11) is 0. The second kappa shape index (κ2) is 10.3. The molecule has 0 bridgehead atoms. The van der Waals surface area contributed by atoms with E-state index in [1.54, 1.807) is 18.2 Å². The molecule has 1 atom stereocenters. The molecule has 1 unspecified atom stereocenters. The number of carbonyl (C=O) groups excluding carboxylic acids is 3. The molecular weight excluding hydrogens is 358 g/mol. The third-order valence-corrected chi connectivity index (χ3v) is 4.35. The highest BCUT2D eigenvalue weighted by atomic mass is 16.3. The molecule has 1 aromatic heterocycles. The lowest BCUT2D eigenvalue weighted by molar-refractivity contribution is -0.140. The van der Waals surface area contributed by atoms with Crippen LogP contribution in [0.1, 0.15) is 31.6 Å². The van der Waals surface area contributed by atoms with Crippen molar-refractivity contribution in [3.63, 3.8) is 0 Å². The monoisotopic (exact) mass is 385 g/mol. The first-order valence-electron chi connectivity index (χ1n) is 9.33. The largest absolute Gasteiger partial charge is 0.467 e. The predicted octanol–water partition coefficient (Wildman–Crippen LogP) is 2.72. The Hall–Kier alpha value is -3.09. The zero-order valence-corrected chi connectivity index (χ0v) is 16.5. The molecule has 0 fully saturated rings. The number of furan rings is 1. The third kappa shape index (κ3) is 6.57. The van der Waals surface area contributed by atoms with Crippen LogP contribution in [-0.4, -0.2) is 35.7 Å². The number of aryl methyl sites for hydroxylation is 1. The minimum Gasteiger partial charge on any atom is -0.467 e. The third-order valence-electron chi connectivity index (χ3n) is 4.35. The second-order valence-electron chi connectivity index (χ2n) is 6.78. The van der Waals surface area contributed by atoms with Crippen LogP contribution in [0.25, 0.3) is 0 Å². The highest BCUT2D eigenvalue weighted by molar-refractivity contribution is 5.95. The van der Waals surface area contributed by atoms with Gasteiger partial charge in [-0.1, -0.05) is 26.0 Å². The number of hydrogen-bond acceptors (Lipinski definition) is 4. The lowest BCUT2D eigenvalue weighted by Gasteiger charge is -2.24. The number of benzene rings is 1. The number of amides is 3. The van der Waals surface area contributed by atoms with E-state index in [1.165, 1.54) is 11.2 Å². The van der Waals surface area contributed by atoms with E-state index in [9.17, 15) is 14.4 Å². The Morgan fingerprint density at radius 1 is 1.14 bits per heavy atom. The van der Waals surface area contributed by atoms with Crippen LogP contribution in [0.3, 0.4) is 0 Å². The molecule has 3 amide bonds. The highest BCUT2D eigenvalue weighted by Gasteiger charge is 2.22. The van der Waals surface area contributed by atoms with Gasteiger partial charge in [-0.15, -0.1) is 0 Å². The van der Waals surface area contributed by atoms with Crippen molar-refractivity contribution >= 4 is 23.4 Å². The van der Waals surface area contributed by atoms with Crippen LogP contribution in [0, 0.1) is 12.8 Å². The van der Waals surface area contributed by atoms with Crippen LogP contribution in [0.5, 0.6) is 0 Å². The maximum Gasteiger partial charge on any atom is 0.243 e. The van der Waals surface area contributed by atoms with E-state index in [-0.39, 0.29) is 37.4 Å². The maximum absolute atomic E-state index is 12.6. The molecule has 0 radical (unpaired) electrons. The van der Waals surface area contributed by atoms with Gasteiger partial charge in [0.2, 0.25) is 17.7 Å². The first-order chi connectivity index (χ1) is 13.4. The van der Waals surface area contributed by atoms with Gasteiger partial charge in [-0.05, 0) is 43.2 Å². The Morgan fingerprint density at radius 3 is 2.57 bits per heavy atom. The van der Waals surface area contributed by atoms with Crippen molar-refractivity contribution in [1.82, 2.24) is 10.2 Å². The SMILES string of the molecule is CCC(C)C(=O)N(CC(=O)NCC(=O)Nc1cccc(C)c1)Cc1ccco1. The lowest BCUT2D eigenvalue weighted by Crippen LogP contribution is -2.44. The first kappa shape index (κ1) is 21.2. The van der Waals surface area contributed by atoms with Gasteiger partial charge in [-0.2, -0.15) is 0 Å². The Kier molecular flexibility index (Phi) is 7.80. The van der Waals surface area contributed by atoms with Gasteiger partial charge in [0, 0.05) is 11.6 Å². The molecule has 0 saturated heterocycles. The molecule has 0 aliphatic heterocycles. The number of hydrogen-bond donors (Lipinski definition) is 2. The topological polar surface area (TPSA) is 91.7 Å². The van der Waals surface area contributed by atoms with Crippen LogP contribution >= 0.6 is 0 Å². The maximum atomic E-state index is 12.6. The van der Waals surface area contributed by atoms with Crippen molar-refractivity contribution in [3.05, 3.63) is 54.0 Å². The Morgan fingerprint density at radius 2 is 1.93 bits per heavy atom. The average Bonchev–Trinajstić information content (AvgIpc) is 3.17. The highest BCUT2D eigenvalue weighted by Crippen LogP contribution is 2.12. The van der Waals surface area contributed by atoms with E-state index in [1.807, 2.05) is 39.0 Å². The first-order valence-corrected chi connectivity index (χ1v) is 9.33. The summed E-state index contributed by atoms with van der Waals surface area (Å²) in [6.07, 6.45) is 2.20. The lowest BCUT2D eigenvalue weighted by atomic mass is 10.1. The molecule has 2 rings (SSSR count). The number of anilines is 1. The molecule has 0 aliphatic carbocycles. The second-order valence-corrected chi connectivity index (χ2v) is 6.78. The van der Waals surface area contributed by atoms with Crippen molar-refractivity contribution in [2.45, 2.75) is 33.7 Å². The number of nitrogens with zero attached hydrogens (tertiary/aromatic N) is 1. The van der Waals surface area contributed by atoms with Crippen molar-refractivity contribution in [1.29, 1.82) is 0 Å². The Balaban J connectivity index is 1.89. The molecule has 7 heteroatoms. The van der Waals surface area contributed by atoms with Crippen LogP contribution in [0.15, 0.2) is 47.1 Å². The number of carbonyl (C=O) groups is 3. The van der Waals surface area contributed by atoms with Crippen molar-refractivity contribution < 1.29 is 18.8 Å². The van der Waals surface area contributed by atoms with Gasteiger partial charge in [-0.25, -0.2) is 0 Å². The van der Waals surface area contributed by atoms with E-state index < -0.39 is 5.91 Å². The molecular formula is C21H27N3O4. The molecule has 0 aliphatic rings. The van der Waals surface area contributed by atoms with Crippen LogP contribution < -0.4 is 10.6 Å². The fourth-order valence-corrected chi connectivity index (χ4v) is 2.62. The molecule has 0 saturated carbocycles. The predicted molar refractivity (Wildman–Crippen MR) is 106 cm³/mol. The van der Waals surface area contributed by atoms with Crippen molar-refractivity contribution in [2.75, 3.05) is 18.4 Å². The summed E-state index contributed by atoms with van der Waals surface area (Å²) in [5.74, 6) is -0.459. The molecule has 150 valence electrons. The summed E-state index contributed by atoms with van der Waals surface area (Å²) in [6, 6.07) is 10.9. The van der Waals surface area contributed by atoms with E-state index in [0.29, 0.717) is 17.9 Å². The van der Waals surface area contributed by atoms with Crippen molar-refractivity contribution in [3.8, 4) is 0 Å².